The lowest BCUT2D eigenvalue weighted by molar-refractivity contribution is 0.601. The van der Waals surface area contributed by atoms with Crippen LogP contribution in [0.3, 0.4) is 0 Å². The highest BCUT2D eigenvalue weighted by atomic mass is 32.2. The summed E-state index contributed by atoms with van der Waals surface area (Å²) in [6, 6.07) is 26.4. The Hall–Kier alpha value is -4.94. The molecule has 0 aliphatic heterocycles. The Bertz CT molecular complexity index is 1660. The highest BCUT2D eigenvalue weighted by Crippen LogP contribution is 2.27. The third-order valence-electron chi connectivity index (χ3n) is 5.42. The fraction of sp³-hybridized carbons (Fsp3) is 0. The molecule has 0 radical (unpaired) electrons. The number of sulfonamides is 1. The number of nitrogens with one attached hydrogen (secondary N) is 3. The summed E-state index contributed by atoms with van der Waals surface area (Å²) < 4.78 is 28.3. The maximum Gasteiger partial charge on any atom is 0.261 e. The molecule has 3 aromatic carbocycles. The van der Waals surface area contributed by atoms with Crippen LogP contribution in [0.2, 0.25) is 0 Å². The lowest BCUT2D eigenvalue weighted by Crippen LogP contribution is -2.12. The Morgan fingerprint density at radius 2 is 1.33 bits per heavy atom. The smallest absolute Gasteiger partial charge is 0.261 e. The van der Waals surface area contributed by atoms with E-state index >= 15 is 0 Å². The van der Waals surface area contributed by atoms with Crippen LogP contribution in [0.1, 0.15) is 5.56 Å². The topological polar surface area (TPSA) is 120 Å². The SMILES string of the molecule is N#Cc1ccc2nccc(Nc3ccc(NS(=O)(=O)c4ccc(Nc5ccncc5)cc4)cc3)c2c1. The van der Waals surface area contributed by atoms with Crippen LogP contribution < -0.4 is 15.4 Å². The van der Waals surface area contributed by atoms with Gasteiger partial charge >= 0.3 is 0 Å². The van der Waals surface area contributed by atoms with Crippen molar-refractivity contribution in [3.63, 3.8) is 0 Å². The molecular formula is C27H20N6O2S. The average molecular weight is 493 g/mol. The van der Waals surface area contributed by atoms with Crippen molar-refractivity contribution in [1.82, 2.24) is 9.97 Å². The number of rotatable bonds is 7. The number of anilines is 5. The van der Waals surface area contributed by atoms with Crippen LogP contribution in [-0.4, -0.2) is 18.4 Å². The zero-order valence-electron chi connectivity index (χ0n) is 18.9. The van der Waals surface area contributed by atoms with Crippen LogP contribution in [-0.2, 0) is 10.0 Å². The molecule has 0 aliphatic carbocycles. The van der Waals surface area contributed by atoms with E-state index in [0.29, 0.717) is 11.3 Å². The molecule has 9 heteroatoms. The molecular weight excluding hydrogens is 472 g/mol. The summed E-state index contributed by atoms with van der Waals surface area (Å²) in [6.45, 7) is 0. The van der Waals surface area contributed by atoms with Crippen molar-refractivity contribution >= 4 is 49.4 Å². The summed E-state index contributed by atoms with van der Waals surface area (Å²) in [7, 11) is -3.76. The zero-order chi connectivity index (χ0) is 25.0. The summed E-state index contributed by atoms with van der Waals surface area (Å²) in [4.78, 5) is 8.46. The molecule has 0 aliphatic rings. The number of hydrogen-bond acceptors (Lipinski definition) is 7. The van der Waals surface area contributed by atoms with Gasteiger partial charge in [-0.2, -0.15) is 5.26 Å². The fourth-order valence-corrected chi connectivity index (χ4v) is 4.69. The molecule has 5 rings (SSSR count). The monoisotopic (exact) mass is 492 g/mol. The highest BCUT2D eigenvalue weighted by Gasteiger charge is 2.14. The fourth-order valence-electron chi connectivity index (χ4n) is 3.64. The van der Waals surface area contributed by atoms with Gasteiger partial charge in [-0.05, 0) is 84.9 Å². The van der Waals surface area contributed by atoms with E-state index in [4.69, 9.17) is 0 Å². The molecule has 5 aromatic rings. The summed E-state index contributed by atoms with van der Waals surface area (Å²) >= 11 is 0. The number of benzene rings is 3. The van der Waals surface area contributed by atoms with E-state index in [1.54, 1.807) is 85.3 Å². The quantitative estimate of drug-likeness (QED) is 0.263. The second kappa shape index (κ2) is 9.74. The Labute approximate surface area is 208 Å². The Morgan fingerprint density at radius 3 is 2.06 bits per heavy atom. The van der Waals surface area contributed by atoms with Gasteiger partial charge in [0.05, 0.1) is 22.0 Å². The molecule has 3 N–H and O–H groups in total. The van der Waals surface area contributed by atoms with E-state index in [-0.39, 0.29) is 4.90 Å². The number of nitriles is 1. The van der Waals surface area contributed by atoms with Crippen LogP contribution in [0.5, 0.6) is 0 Å². The van der Waals surface area contributed by atoms with Gasteiger partial charge in [-0.1, -0.05) is 0 Å². The molecule has 0 fully saturated rings. The second-order valence-corrected chi connectivity index (χ2v) is 9.58. The molecule has 0 spiro atoms. The molecule has 2 heterocycles. The summed E-state index contributed by atoms with van der Waals surface area (Å²) in [5, 5.41) is 16.5. The third-order valence-corrected chi connectivity index (χ3v) is 6.82. The minimum atomic E-state index is -3.76. The predicted octanol–water partition coefficient (Wildman–Crippen LogP) is 5.79. The predicted molar refractivity (Wildman–Crippen MR) is 141 cm³/mol. The second-order valence-electron chi connectivity index (χ2n) is 7.90. The van der Waals surface area contributed by atoms with Gasteiger partial charge in [0, 0.05) is 52.4 Å². The molecule has 0 saturated heterocycles. The lowest BCUT2D eigenvalue weighted by atomic mass is 10.1. The third kappa shape index (κ3) is 5.09. The van der Waals surface area contributed by atoms with Gasteiger partial charge in [0.1, 0.15) is 0 Å². The van der Waals surface area contributed by atoms with Crippen molar-refractivity contribution in [2.75, 3.05) is 15.4 Å². The van der Waals surface area contributed by atoms with Gasteiger partial charge in [0.15, 0.2) is 0 Å². The van der Waals surface area contributed by atoms with E-state index in [2.05, 4.69) is 31.4 Å². The molecule has 0 atom stereocenters. The number of aromatic nitrogens is 2. The van der Waals surface area contributed by atoms with Crippen molar-refractivity contribution in [2.45, 2.75) is 4.90 Å². The van der Waals surface area contributed by atoms with Gasteiger partial charge in [0.2, 0.25) is 0 Å². The van der Waals surface area contributed by atoms with Crippen molar-refractivity contribution in [3.8, 4) is 6.07 Å². The summed E-state index contributed by atoms with van der Waals surface area (Å²) in [5.41, 5.74) is 4.93. The molecule has 36 heavy (non-hydrogen) atoms. The number of pyridine rings is 2. The molecule has 2 aromatic heterocycles. The van der Waals surface area contributed by atoms with Gasteiger partial charge in [-0.15, -0.1) is 0 Å². The molecule has 0 amide bonds. The largest absolute Gasteiger partial charge is 0.355 e. The van der Waals surface area contributed by atoms with Crippen molar-refractivity contribution < 1.29 is 8.42 Å². The molecule has 0 saturated carbocycles. The number of nitrogens with zero attached hydrogens (tertiary/aromatic N) is 3. The lowest BCUT2D eigenvalue weighted by Gasteiger charge is -2.12. The Balaban J connectivity index is 1.29. The maximum atomic E-state index is 12.9. The molecule has 176 valence electrons. The van der Waals surface area contributed by atoms with Crippen molar-refractivity contribution in [1.29, 1.82) is 5.26 Å². The van der Waals surface area contributed by atoms with E-state index in [9.17, 15) is 13.7 Å². The summed E-state index contributed by atoms with van der Waals surface area (Å²) in [5.74, 6) is 0. The first-order chi connectivity index (χ1) is 17.5. The van der Waals surface area contributed by atoms with Crippen LogP contribution >= 0.6 is 0 Å². The minimum absolute atomic E-state index is 0.154. The van der Waals surface area contributed by atoms with E-state index < -0.39 is 10.0 Å². The van der Waals surface area contributed by atoms with Gasteiger partial charge < -0.3 is 10.6 Å². The van der Waals surface area contributed by atoms with Crippen molar-refractivity contribution in [3.05, 3.63) is 109 Å². The van der Waals surface area contributed by atoms with Gasteiger partial charge in [0.25, 0.3) is 10.0 Å². The average Bonchev–Trinajstić information content (AvgIpc) is 2.90. The Kier molecular flexibility index (Phi) is 6.18. The standard InChI is InChI=1S/C27H20N6O2S/c28-18-19-1-10-26-25(17-19)27(13-16-30-26)32-21-2-4-23(5-3-21)33-36(34,35)24-8-6-20(7-9-24)31-22-11-14-29-15-12-22/h1-17,33H,(H,29,31)(H,30,32). The van der Waals surface area contributed by atoms with Crippen molar-refractivity contribution in [2.24, 2.45) is 0 Å². The van der Waals surface area contributed by atoms with Gasteiger partial charge in [-0.25, -0.2) is 8.42 Å². The minimum Gasteiger partial charge on any atom is -0.355 e. The maximum absolute atomic E-state index is 12.9. The van der Waals surface area contributed by atoms with E-state index in [1.807, 2.05) is 18.2 Å². The van der Waals surface area contributed by atoms with Crippen LogP contribution in [0, 0.1) is 11.3 Å². The summed E-state index contributed by atoms with van der Waals surface area (Å²) in [6.07, 6.45) is 5.04. The first-order valence-electron chi connectivity index (χ1n) is 11.0. The first kappa shape index (κ1) is 22.8. The Morgan fingerprint density at radius 1 is 0.694 bits per heavy atom. The van der Waals surface area contributed by atoms with Crippen LogP contribution in [0.15, 0.2) is 108 Å². The van der Waals surface area contributed by atoms with Crippen LogP contribution in [0.25, 0.3) is 10.9 Å². The van der Waals surface area contributed by atoms with E-state index in [0.717, 1.165) is 33.7 Å². The van der Waals surface area contributed by atoms with E-state index in [1.165, 1.54) is 0 Å². The molecule has 8 nitrogen and oxygen atoms in total. The highest BCUT2D eigenvalue weighted by molar-refractivity contribution is 7.92. The van der Waals surface area contributed by atoms with Crippen LogP contribution in [0.4, 0.5) is 28.4 Å². The van der Waals surface area contributed by atoms with Gasteiger partial charge in [-0.3, -0.25) is 14.7 Å². The number of hydrogen-bond donors (Lipinski definition) is 3. The normalized spacial score (nSPS) is 11.0. The molecule has 0 bridgehead atoms. The number of fused-ring (bicyclic) bond motifs is 1. The zero-order valence-corrected chi connectivity index (χ0v) is 19.7. The first-order valence-corrected chi connectivity index (χ1v) is 12.4. The molecule has 0 unspecified atom stereocenters.